The zero-order valence-electron chi connectivity index (χ0n) is 17.5. The minimum Gasteiger partial charge on any atom is -0.393 e. The van der Waals surface area contributed by atoms with Crippen molar-refractivity contribution in [3.8, 4) is 0 Å². The van der Waals surface area contributed by atoms with Crippen molar-refractivity contribution in [2.75, 3.05) is 0 Å². The lowest BCUT2D eigenvalue weighted by atomic mass is 9.44. The van der Waals surface area contributed by atoms with Gasteiger partial charge in [-0.05, 0) is 92.3 Å². The first-order valence-corrected chi connectivity index (χ1v) is 11.5. The van der Waals surface area contributed by atoms with Crippen LogP contribution >= 0.6 is 0 Å². The van der Waals surface area contributed by atoms with Gasteiger partial charge in [0.25, 0.3) is 0 Å². The molecule has 1 N–H and O–H groups in total. The van der Waals surface area contributed by atoms with Crippen LogP contribution in [0.15, 0.2) is 0 Å². The van der Waals surface area contributed by atoms with Gasteiger partial charge in [-0.3, -0.25) is 4.79 Å². The summed E-state index contributed by atoms with van der Waals surface area (Å²) in [5.41, 5.74) is 0.0845. The van der Waals surface area contributed by atoms with Crippen LogP contribution < -0.4 is 0 Å². The third kappa shape index (κ3) is 2.86. The van der Waals surface area contributed by atoms with Gasteiger partial charge in [-0.15, -0.1) is 0 Å². The van der Waals surface area contributed by atoms with Gasteiger partial charge >= 0.3 is 0 Å². The highest BCUT2D eigenvalue weighted by atomic mass is 16.3. The van der Waals surface area contributed by atoms with Crippen molar-refractivity contribution in [3.05, 3.63) is 0 Å². The summed E-state index contributed by atoms with van der Waals surface area (Å²) in [5, 5.41) is 10.2. The second-order valence-corrected chi connectivity index (χ2v) is 10.9. The van der Waals surface area contributed by atoms with Gasteiger partial charge < -0.3 is 9.90 Å². The van der Waals surface area contributed by atoms with Gasteiger partial charge in [0, 0.05) is 18.3 Å². The highest BCUT2D eigenvalue weighted by molar-refractivity contribution is 5.87. The molecule has 0 aromatic heterocycles. The number of carbonyl (C=O) groups excluding carboxylic acids is 2. The molecule has 0 bridgehead atoms. The summed E-state index contributed by atoms with van der Waals surface area (Å²) in [6.07, 6.45) is 11.0. The van der Waals surface area contributed by atoms with Gasteiger partial charge in [-0.1, -0.05) is 20.8 Å². The molecular weight excluding hydrogens is 336 g/mol. The zero-order valence-corrected chi connectivity index (χ0v) is 17.5. The lowest BCUT2D eigenvalue weighted by molar-refractivity contribution is -0.160. The predicted molar refractivity (Wildman–Crippen MR) is 106 cm³/mol. The fourth-order valence-corrected chi connectivity index (χ4v) is 8.42. The van der Waals surface area contributed by atoms with Crippen molar-refractivity contribution < 1.29 is 14.7 Å². The Bertz CT molecular complexity index is 600. The van der Waals surface area contributed by atoms with Crippen molar-refractivity contribution in [1.82, 2.24) is 0 Å². The van der Waals surface area contributed by atoms with E-state index in [0.717, 1.165) is 44.8 Å². The lowest BCUT2D eigenvalue weighted by Crippen LogP contribution is -2.57. The monoisotopic (exact) mass is 374 g/mol. The van der Waals surface area contributed by atoms with Crippen molar-refractivity contribution in [2.24, 2.45) is 46.3 Å². The SMILES string of the molecule is C[C@H](CCC=O)C1CC[C@H]2[C@@H]3CC[C@@H]4C[C@H](O)CC[C@]4(C)[C@H]3CC(=O)[C@]12C. The molecule has 4 fully saturated rings. The Morgan fingerprint density at radius 2 is 1.93 bits per heavy atom. The molecule has 3 heteroatoms. The Morgan fingerprint density at radius 1 is 1.15 bits per heavy atom. The normalized spacial score (nSPS) is 50.4. The van der Waals surface area contributed by atoms with E-state index in [2.05, 4.69) is 20.8 Å². The highest BCUT2D eigenvalue weighted by Crippen LogP contribution is 2.67. The predicted octanol–water partition coefficient (Wildman–Crippen LogP) is 4.80. The van der Waals surface area contributed by atoms with Crippen LogP contribution in [-0.2, 0) is 9.59 Å². The molecule has 0 radical (unpaired) electrons. The first-order chi connectivity index (χ1) is 12.8. The standard InChI is InChI=1S/C24H38O3/c1-15(5-4-12-25)19-8-9-20-18-7-6-16-13-17(26)10-11-23(16,2)21(18)14-22(27)24(19,20)3/h12,15-21,26H,4-11,13-14H2,1-3H3/t15-,16-,17-,18+,19?,20+,21+,23+,24-/m1/s1. The maximum Gasteiger partial charge on any atom is 0.139 e. The van der Waals surface area contributed by atoms with E-state index in [4.69, 9.17) is 0 Å². The molecule has 3 nitrogen and oxygen atoms in total. The van der Waals surface area contributed by atoms with Crippen LogP contribution in [0.25, 0.3) is 0 Å². The van der Waals surface area contributed by atoms with Crippen LogP contribution in [0, 0.1) is 46.3 Å². The van der Waals surface area contributed by atoms with Crippen LogP contribution in [0.5, 0.6) is 0 Å². The fourth-order valence-electron chi connectivity index (χ4n) is 8.42. The Balaban J connectivity index is 1.60. The van der Waals surface area contributed by atoms with Gasteiger partial charge in [-0.2, -0.15) is 0 Å². The Labute approximate surface area is 164 Å². The summed E-state index contributed by atoms with van der Waals surface area (Å²) in [7, 11) is 0. The number of carbonyl (C=O) groups is 2. The maximum absolute atomic E-state index is 13.6. The molecule has 4 saturated carbocycles. The van der Waals surface area contributed by atoms with E-state index >= 15 is 0 Å². The minimum absolute atomic E-state index is 0.126. The first kappa shape index (κ1) is 19.6. The second kappa shape index (κ2) is 6.97. The quantitative estimate of drug-likeness (QED) is 0.719. The number of Topliss-reactive ketones (excluding diaryl/α,β-unsaturated/α-hetero) is 1. The molecular formula is C24H38O3. The molecule has 0 heterocycles. The number of aliphatic hydroxyl groups is 1. The maximum atomic E-state index is 13.6. The molecule has 4 aliphatic rings. The van der Waals surface area contributed by atoms with Crippen LogP contribution in [0.3, 0.4) is 0 Å². The second-order valence-electron chi connectivity index (χ2n) is 10.9. The summed E-state index contributed by atoms with van der Waals surface area (Å²) in [4.78, 5) is 24.4. The van der Waals surface area contributed by atoms with E-state index < -0.39 is 0 Å². The molecule has 1 unspecified atom stereocenters. The molecule has 27 heavy (non-hydrogen) atoms. The molecule has 4 aliphatic carbocycles. The van der Waals surface area contributed by atoms with Crippen molar-refractivity contribution in [3.63, 3.8) is 0 Å². The number of hydrogen-bond acceptors (Lipinski definition) is 3. The lowest BCUT2D eigenvalue weighted by Gasteiger charge is -2.60. The Kier molecular flexibility index (Phi) is 5.06. The summed E-state index contributed by atoms with van der Waals surface area (Å²) in [6.45, 7) is 6.99. The highest BCUT2D eigenvalue weighted by Gasteiger charge is 2.63. The van der Waals surface area contributed by atoms with Crippen LogP contribution in [0.2, 0.25) is 0 Å². The first-order valence-electron chi connectivity index (χ1n) is 11.5. The van der Waals surface area contributed by atoms with Gasteiger partial charge in [0.05, 0.1) is 6.10 Å². The molecule has 0 aromatic rings. The smallest absolute Gasteiger partial charge is 0.139 e. The Hall–Kier alpha value is -0.700. The summed E-state index contributed by atoms with van der Waals surface area (Å²) in [5.74, 6) is 3.78. The topological polar surface area (TPSA) is 54.4 Å². The number of rotatable bonds is 4. The summed E-state index contributed by atoms with van der Waals surface area (Å²) >= 11 is 0. The molecule has 4 rings (SSSR count). The largest absolute Gasteiger partial charge is 0.393 e. The molecule has 0 aromatic carbocycles. The third-order valence-corrected chi connectivity index (χ3v) is 10.00. The number of hydrogen-bond donors (Lipinski definition) is 1. The summed E-state index contributed by atoms with van der Waals surface area (Å²) in [6, 6.07) is 0. The zero-order chi connectivity index (χ0) is 19.4. The molecule has 0 aliphatic heterocycles. The molecule has 0 amide bonds. The van der Waals surface area contributed by atoms with Gasteiger partial charge in [-0.25, -0.2) is 0 Å². The van der Waals surface area contributed by atoms with E-state index in [0.29, 0.717) is 47.7 Å². The molecule has 0 saturated heterocycles. The number of ketones is 1. The van der Waals surface area contributed by atoms with Gasteiger partial charge in [0.15, 0.2) is 0 Å². The minimum atomic E-state index is -0.166. The van der Waals surface area contributed by atoms with E-state index in [1.54, 1.807) is 0 Å². The molecule has 152 valence electrons. The molecule has 0 spiro atoms. The van der Waals surface area contributed by atoms with Crippen LogP contribution in [0.1, 0.15) is 85.0 Å². The van der Waals surface area contributed by atoms with E-state index in [1.165, 1.54) is 19.3 Å². The average Bonchev–Trinajstić information content (AvgIpc) is 3.00. The van der Waals surface area contributed by atoms with E-state index in [1.807, 2.05) is 0 Å². The number of aldehydes is 1. The average molecular weight is 375 g/mol. The number of fused-ring (bicyclic) bond motifs is 5. The van der Waals surface area contributed by atoms with Gasteiger partial charge in [0.1, 0.15) is 12.1 Å². The Morgan fingerprint density at radius 3 is 2.67 bits per heavy atom. The number of aliphatic hydroxyl groups excluding tert-OH is 1. The fraction of sp³-hybridized carbons (Fsp3) is 0.917. The van der Waals surface area contributed by atoms with Crippen molar-refractivity contribution in [1.29, 1.82) is 0 Å². The van der Waals surface area contributed by atoms with Crippen molar-refractivity contribution >= 4 is 12.1 Å². The summed E-state index contributed by atoms with van der Waals surface area (Å²) < 4.78 is 0. The third-order valence-electron chi connectivity index (χ3n) is 10.00. The van der Waals surface area contributed by atoms with E-state index in [-0.39, 0.29) is 16.9 Å². The van der Waals surface area contributed by atoms with E-state index in [9.17, 15) is 14.7 Å². The van der Waals surface area contributed by atoms with Crippen LogP contribution in [-0.4, -0.2) is 23.3 Å². The van der Waals surface area contributed by atoms with Crippen LogP contribution in [0.4, 0.5) is 0 Å². The van der Waals surface area contributed by atoms with Gasteiger partial charge in [0.2, 0.25) is 0 Å². The van der Waals surface area contributed by atoms with Crippen molar-refractivity contribution in [2.45, 2.75) is 91.1 Å². The molecule has 9 atom stereocenters.